The summed E-state index contributed by atoms with van der Waals surface area (Å²) in [5, 5.41) is 40.9. The third kappa shape index (κ3) is 12.9. The summed E-state index contributed by atoms with van der Waals surface area (Å²) >= 11 is 5.93. The van der Waals surface area contributed by atoms with Crippen LogP contribution in [-0.2, 0) is 38.6 Å². The number of hydrogen-bond acceptors (Lipinski definition) is 13. The SMILES string of the molecule is N#Cc1cc2cnc(Cl)cc2n(C2CCCC2)c1=O.N#Cc1cc2cnc(Nc3ccc4c(c3)CCCC4)cc2n(C2CCCC2)c1=O.N#Cc1cc2cnc(Nc3ccc4c(c3)CCNC4)cc2n(C2CCCC2)c1=O.Nc1ccc2c(c1)CCCC2. The molecule has 9 aromatic rings. The Balaban J connectivity index is 0.000000120. The number of fused-ring (bicyclic) bond motifs is 6. The standard InChI is InChI=1S/C24H24N4O.C23H23N5O.C14H12ClN3O.C10H13N/c25-14-18-11-19-15-26-23(13-22(19)28(24(18)29)21-7-3-4-8-21)27-20-10-9-16-5-1-2-6-17(16)12-20;24-12-17-9-18-14-26-22(11-21(18)28(23(17)29)20-3-1-2-4-20)27-19-6-5-16-13-25-8-7-15(16)10-19;15-13-6-12-10(8-17-13)5-9(7-16)14(19)18(12)11-3-1-2-4-11;11-10-6-5-8-3-1-2-4-9(8)7-10/h9-13,15,21H,1-8H2,(H,26,27);5-6,9-11,14,20,25H,1-4,7-8,13H2,(H,26,27);5-6,8,11H,1-4H2;5-7H,1-4,11H2. The highest BCUT2D eigenvalue weighted by atomic mass is 35.5. The van der Waals surface area contributed by atoms with Crippen molar-refractivity contribution in [1.29, 1.82) is 15.8 Å². The van der Waals surface area contributed by atoms with Crippen LogP contribution < -0.4 is 38.4 Å². The van der Waals surface area contributed by atoms with E-state index in [1.54, 1.807) is 47.4 Å². The van der Waals surface area contributed by atoms with Crippen LogP contribution in [-0.4, -0.2) is 35.2 Å². The number of anilines is 5. The molecular weight excluding hydrogens is 1120 g/mol. The zero-order valence-corrected chi connectivity index (χ0v) is 50.3. The molecule has 3 saturated carbocycles. The summed E-state index contributed by atoms with van der Waals surface area (Å²) in [7, 11) is 0. The fourth-order valence-corrected chi connectivity index (χ4v) is 14.2. The predicted molar refractivity (Wildman–Crippen MR) is 349 cm³/mol. The Kier molecular flexibility index (Phi) is 18.1. The van der Waals surface area contributed by atoms with E-state index < -0.39 is 0 Å². The number of nitriles is 3. The van der Waals surface area contributed by atoms with Crippen LogP contribution in [0.15, 0.2) is 124 Å². The molecule has 0 atom stereocenters. The van der Waals surface area contributed by atoms with Gasteiger partial charge in [-0.1, -0.05) is 68.3 Å². The summed E-state index contributed by atoms with van der Waals surface area (Å²) < 4.78 is 5.39. The molecule has 16 nitrogen and oxygen atoms in total. The van der Waals surface area contributed by atoms with Gasteiger partial charge in [0.15, 0.2) is 0 Å². The van der Waals surface area contributed by atoms with Crippen molar-refractivity contribution in [2.45, 2.75) is 160 Å². The number of rotatable bonds is 7. The van der Waals surface area contributed by atoms with Crippen LogP contribution in [0.1, 0.15) is 171 Å². The lowest BCUT2D eigenvalue weighted by molar-refractivity contribution is 0.518. The van der Waals surface area contributed by atoms with Gasteiger partial charge in [0.25, 0.3) is 16.7 Å². The van der Waals surface area contributed by atoms with Crippen molar-refractivity contribution in [1.82, 2.24) is 34.0 Å². The molecule has 88 heavy (non-hydrogen) atoms. The Hall–Kier alpha value is -9.14. The molecule has 0 saturated heterocycles. The molecule has 1 aliphatic heterocycles. The Morgan fingerprint density at radius 2 is 0.841 bits per heavy atom. The van der Waals surface area contributed by atoms with E-state index in [4.69, 9.17) is 22.6 Å². The summed E-state index contributed by atoms with van der Waals surface area (Å²) in [5.41, 5.74) is 19.6. The van der Waals surface area contributed by atoms with Gasteiger partial charge in [-0.15, -0.1) is 0 Å². The highest BCUT2D eigenvalue weighted by Gasteiger charge is 2.25. The van der Waals surface area contributed by atoms with Gasteiger partial charge in [-0.05, 0) is 197 Å². The molecular formula is C71H72ClN13O3. The molecule has 6 aliphatic rings. The minimum Gasteiger partial charge on any atom is -0.399 e. The lowest BCUT2D eigenvalue weighted by atomic mass is 9.91. The Labute approximate surface area is 516 Å². The molecule has 3 aromatic carbocycles. The van der Waals surface area contributed by atoms with Crippen molar-refractivity contribution in [3.8, 4) is 18.2 Å². The average Bonchev–Trinajstić information content (AvgIpc) is 2.76. The second kappa shape index (κ2) is 26.9. The summed E-state index contributed by atoms with van der Waals surface area (Å²) in [4.78, 5) is 51.4. The topological polar surface area (TPSA) is 238 Å². The first kappa shape index (κ1) is 59.2. The number of benzene rings is 3. The van der Waals surface area contributed by atoms with E-state index in [1.807, 2.05) is 33.4 Å². The van der Waals surface area contributed by atoms with E-state index in [0.29, 0.717) is 11.0 Å². The largest absolute Gasteiger partial charge is 0.399 e. The van der Waals surface area contributed by atoms with Gasteiger partial charge in [-0.2, -0.15) is 15.8 Å². The summed E-state index contributed by atoms with van der Waals surface area (Å²) in [6, 6.07) is 36.3. The van der Waals surface area contributed by atoms with Crippen LogP contribution in [0, 0.1) is 34.0 Å². The minimum absolute atomic E-state index is 0.157. The zero-order chi connectivity index (χ0) is 60.7. The van der Waals surface area contributed by atoms with E-state index in [2.05, 4.69) is 91.6 Å². The van der Waals surface area contributed by atoms with Crippen LogP contribution in [0.4, 0.5) is 28.7 Å². The number of pyridine rings is 6. The van der Waals surface area contributed by atoms with Gasteiger partial charge in [0.05, 0.1) is 16.6 Å². The Bertz CT molecular complexity index is 4250. The van der Waals surface area contributed by atoms with Gasteiger partial charge in [-0.25, -0.2) is 15.0 Å². The number of nitrogens with zero attached hydrogens (tertiary/aromatic N) is 9. The van der Waals surface area contributed by atoms with Gasteiger partial charge >= 0.3 is 0 Å². The van der Waals surface area contributed by atoms with Crippen LogP contribution in [0.3, 0.4) is 0 Å². The van der Waals surface area contributed by atoms with Crippen molar-refractivity contribution < 1.29 is 0 Å². The summed E-state index contributed by atoms with van der Waals surface area (Å²) in [5.74, 6) is 1.44. The van der Waals surface area contributed by atoms with E-state index in [0.717, 1.165) is 159 Å². The Morgan fingerprint density at radius 3 is 1.30 bits per heavy atom. The molecule has 7 heterocycles. The van der Waals surface area contributed by atoms with Crippen LogP contribution in [0.25, 0.3) is 32.7 Å². The summed E-state index contributed by atoms with van der Waals surface area (Å²) in [6.07, 6.45) is 28.7. The monoisotopic (exact) mass is 1190 g/mol. The summed E-state index contributed by atoms with van der Waals surface area (Å²) in [6.45, 7) is 1.91. The van der Waals surface area contributed by atoms with E-state index >= 15 is 0 Å². The number of hydrogen-bond donors (Lipinski definition) is 4. The third-order valence-electron chi connectivity index (χ3n) is 18.5. The molecule has 3 fully saturated rings. The maximum Gasteiger partial charge on any atom is 0.269 e. The van der Waals surface area contributed by atoms with Crippen molar-refractivity contribution in [2.75, 3.05) is 22.9 Å². The van der Waals surface area contributed by atoms with Crippen molar-refractivity contribution >= 4 is 73.0 Å². The highest BCUT2D eigenvalue weighted by molar-refractivity contribution is 6.30. The van der Waals surface area contributed by atoms with Gasteiger partial charge in [0.2, 0.25) is 0 Å². The quantitative estimate of drug-likeness (QED) is 0.0859. The van der Waals surface area contributed by atoms with Gasteiger partial charge < -0.3 is 35.4 Å². The van der Waals surface area contributed by atoms with E-state index in [-0.39, 0.29) is 51.5 Å². The van der Waals surface area contributed by atoms with Crippen molar-refractivity contribution in [3.05, 3.63) is 196 Å². The van der Waals surface area contributed by atoms with Gasteiger partial charge in [0, 0.05) is 88.6 Å². The molecule has 15 rings (SSSR count). The number of halogens is 1. The van der Waals surface area contributed by atoms with Crippen molar-refractivity contribution in [3.63, 3.8) is 0 Å². The normalized spacial score (nSPS) is 16.3. The van der Waals surface area contributed by atoms with E-state index in [1.165, 1.54) is 78.3 Å². The molecule has 0 spiro atoms. The molecule has 17 heteroatoms. The van der Waals surface area contributed by atoms with Crippen LogP contribution in [0.2, 0.25) is 5.15 Å². The van der Waals surface area contributed by atoms with Gasteiger partial charge in [-0.3, -0.25) is 14.4 Å². The average molecular weight is 1190 g/mol. The second-order valence-electron chi connectivity index (χ2n) is 24.3. The molecule has 5 aliphatic carbocycles. The number of nitrogens with one attached hydrogen (secondary N) is 3. The lowest BCUT2D eigenvalue weighted by Gasteiger charge is -2.19. The van der Waals surface area contributed by atoms with Gasteiger partial charge in [0.1, 0.15) is 51.7 Å². The third-order valence-corrected chi connectivity index (χ3v) is 18.7. The second-order valence-corrected chi connectivity index (χ2v) is 24.6. The fraction of sp³-hybridized carbons (Fsp3) is 0.366. The van der Waals surface area contributed by atoms with Crippen molar-refractivity contribution in [2.24, 2.45) is 0 Å². The van der Waals surface area contributed by atoms with E-state index in [9.17, 15) is 24.9 Å². The molecule has 0 amide bonds. The molecule has 0 bridgehead atoms. The highest BCUT2D eigenvalue weighted by Crippen LogP contribution is 2.36. The van der Waals surface area contributed by atoms with Crippen LogP contribution in [0.5, 0.6) is 0 Å². The predicted octanol–water partition coefficient (Wildman–Crippen LogP) is 14.0. The molecule has 446 valence electrons. The maximum absolute atomic E-state index is 12.9. The number of aromatic nitrogens is 6. The number of nitrogen functional groups attached to an aromatic ring is 1. The molecule has 6 aromatic heterocycles. The first-order chi connectivity index (χ1) is 43.0. The molecule has 0 unspecified atom stereocenters. The first-order valence-corrected chi connectivity index (χ1v) is 31.8. The Morgan fingerprint density at radius 1 is 0.455 bits per heavy atom. The molecule has 5 N–H and O–H groups in total. The van der Waals surface area contributed by atoms with Crippen LogP contribution >= 0.6 is 11.6 Å². The molecule has 0 radical (unpaired) electrons. The number of nitrogens with two attached hydrogens (primary N) is 1. The minimum atomic E-state index is -0.218. The first-order valence-electron chi connectivity index (χ1n) is 31.4. The number of aryl methyl sites for hydroxylation is 4. The fourth-order valence-electron chi connectivity index (χ4n) is 14.0. The smallest absolute Gasteiger partial charge is 0.269 e. The maximum atomic E-state index is 12.9. The lowest BCUT2D eigenvalue weighted by Crippen LogP contribution is -2.26. The zero-order valence-electron chi connectivity index (χ0n) is 49.6.